The van der Waals surface area contributed by atoms with Gasteiger partial charge in [0.05, 0.1) is 6.61 Å². The molecule has 1 aromatic carbocycles. The van der Waals surface area contributed by atoms with Crippen LogP contribution in [0.4, 0.5) is 8.78 Å². The summed E-state index contributed by atoms with van der Waals surface area (Å²) in [5, 5.41) is 9.43. The number of hydrogen-bond donors (Lipinski definition) is 1. The number of nitrogens with one attached hydrogen (secondary N) is 1. The second-order valence-electron chi connectivity index (χ2n) is 4.07. The fourth-order valence-corrected chi connectivity index (χ4v) is 1.57. The smallest absolute Gasteiger partial charge is 0.314 e. The maximum absolute atomic E-state index is 12.4. The van der Waals surface area contributed by atoms with E-state index >= 15 is 0 Å². The summed E-state index contributed by atoms with van der Waals surface area (Å²) in [6.07, 6.45) is -2.81. The van der Waals surface area contributed by atoms with E-state index in [1.807, 2.05) is 0 Å². The van der Waals surface area contributed by atoms with E-state index in [0.29, 0.717) is 24.3 Å². The average Bonchev–Trinajstić information content (AvgIpc) is 2.97. The van der Waals surface area contributed by atoms with Crippen LogP contribution in [0.5, 0.6) is 0 Å². The standard InChI is InChI=1S/C13H13F2N3O3/c1-20-7-6-16-11(19)8-2-4-9(5-3-8)12-17-18-13(21-12)10(14)15/h2-5,10H,6-7H2,1H3,(H,16,19). The second-order valence-corrected chi connectivity index (χ2v) is 4.07. The van der Waals surface area contributed by atoms with Gasteiger partial charge in [-0.05, 0) is 24.3 Å². The molecular formula is C13H13F2N3O3. The Morgan fingerprint density at radius 2 is 2.05 bits per heavy atom. The van der Waals surface area contributed by atoms with Gasteiger partial charge in [0.15, 0.2) is 0 Å². The Morgan fingerprint density at radius 3 is 2.62 bits per heavy atom. The Bertz CT molecular complexity index is 599. The molecular weight excluding hydrogens is 284 g/mol. The first-order chi connectivity index (χ1) is 10.1. The topological polar surface area (TPSA) is 77.2 Å². The predicted octanol–water partition coefficient (Wildman–Crippen LogP) is 2.05. The fraction of sp³-hybridized carbons (Fsp3) is 0.308. The molecule has 0 unspecified atom stereocenters. The molecule has 0 aliphatic rings. The number of rotatable bonds is 6. The Labute approximate surface area is 119 Å². The number of carbonyl (C=O) groups excluding carboxylic acids is 1. The Balaban J connectivity index is 2.05. The number of benzene rings is 1. The van der Waals surface area contributed by atoms with Crippen molar-refractivity contribution >= 4 is 5.91 Å². The average molecular weight is 297 g/mol. The molecule has 0 spiro atoms. The molecule has 0 atom stereocenters. The molecule has 1 N–H and O–H groups in total. The minimum Gasteiger partial charge on any atom is -0.415 e. The van der Waals surface area contributed by atoms with Gasteiger partial charge in [0, 0.05) is 24.8 Å². The molecule has 1 amide bonds. The van der Waals surface area contributed by atoms with E-state index in [1.165, 1.54) is 0 Å². The number of aromatic nitrogens is 2. The minimum atomic E-state index is -2.81. The first-order valence-electron chi connectivity index (χ1n) is 6.11. The first-order valence-corrected chi connectivity index (χ1v) is 6.11. The molecule has 0 saturated carbocycles. The normalized spacial score (nSPS) is 10.9. The number of nitrogens with zero attached hydrogens (tertiary/aromatic N) is 2. The van der Waals surface area contributed by atoms with Crippen LogP contribution in [0.2, 0.25) is 0 Å². The van der Waals surface area contributed by atoms with Crippen LogP contribution < -0.4 is 5.32 Å². The van der Waals surface area contributed by atoms with Gasteiger partial charge in [-0.25, -0.2) is 0 Å². The Kier molecular flexibility index (Phi) is 4.94. The van der Waals surface area contributed by atoms with Crippen molar-refractivity contribution in [1.29, 1.82) is 0 Å². The molecule has 0 aliphatic carbocycles. The fourth-order valence-electron chi connectivity index (χ4n) is 1.57. The maximum Gasteiger partial charge on any atom is 0.314 e. The summed E-state index contributed by atoms with van der Waals surface area (Å²) in [4.78, 5) is 11.7. The molecule has 6 nitrogen and oxygen atoms in total. The number of hydrogen-bond acceptors (Lipinski definition) is 5. The molecule has 112 valence electrons. The van der Waals surface area contributed by atoms with E-state index in [1.54, 1.807) is 31.4 Å². The van der Waals surface area contributed by atoms with Gasteiger partial charge in [0.1, 0.15) is 0 Å². The lowest BCUT2D eigenvalue weighted by Gasteiger charge is -2.04. The van der Waals surface area contributed by atoms with Crippen molar-refractivity contribution in [3.63, 3.8) is 0 Å². The zero-order valence-corrected chi connectivity index (χ0v) is 11.2. The van der Waals surface area contributed by atoms with Gasteiger partial charge in [-0.1, -0.05) is 0 Å². The number of halogens is 2. The van der Waals surface area contributed by atoms with Gasteiger partial charge in [0.25, 0.3) is 11.8 Å². The highest BCUT2D eigenvalue weighted by Crippen LogP contribution is 2.23. The summed E-state index contributed by atoms with van der Waals surface area (Å²) in [5.74, 6) is -1.000. The number of ether oxygens (including phenoxy) is 1. The van der Waals surface area contributed by atoms with Crippen molar-refractivity contribution in [2.45, 2.75) is 6.43 Å². The zero-order chi connectivity index (χ0) is 15.2. The quantitative estimate of drug-likeness (QED) is 0.826. The number of alkyl halides is 2. The SMILES string of the molecule is COCCNC(=O)c1ccc(-c2nnc(C(F)F)o2)cc1. The van der Waals surface area contributed by atoms with Crippen LogP contribution in [0.25, 0.3) is 11.5 Å². The van der Waals surface area contributed by atoms with E-state index in [2.05, 4.69) is 15.5 Å². The van der Waals surface area contributed by atoms with E-state index in [-0.39, 0.29) is 11.8 Å². The number of methoxy groups -OCH3 is 1. The molecule has 1 aromatic heterocycles. The van der Waals surface area contributed by atoms with Crippen LogP contribution >= 0.6 is 0 Å². The monoisotopic (exact) mass is 297 g/mol. The van der Waals surface area contributed by atoms with Crippen molar-refractivity contribution in [2.24, 2.45) is 0 Å². The molecule has 0 radical (unpaired) electrons. The van der Waals surface area contributed by atoms with Crippen molar-refractivity contribution in [3.05, 3.63) is 35.7 Å². The summed E-state index contributed by atoms with van der Waals surface area (Å²) in [6.45, 7) is 0.820. The molecule has 0 aliphatic heterocycles. The van der Waals surface area contributed by atoms with Gasteiger partial charge in [-0.2, -0.15) is 8.78 Å². The predicted molar refractivity (Wildman–Crippen MR) is 68.9 cm³/mol. The van der Waals surface area contributed by atoms with Crippen molar-refractivity contribution < 1.29 is 22.7 Å². The summed E-state index contributed by atoms with van der Waals surface area (Å²) < 4.78 is 34.4. The van der Waals surface area contributed by atoms with Gasteiger partial charge < -0.3 is 14.5 Å². The maximum atomic E-state index is 12.4. The molecule has 2 rings (SSSR count). The number of carbonyl (C=O) groups is 1. The molecule has 1 heterocycles. The number of amides is 1. The highest BCUT2D eigenvalue weighted by molar-refractivity contribution is 5.94. The largest absolute Gasteiger partial charge is 0.415 e. The van der Waals surface area contributed by atoms with Crippen molar-refractivity contribution in [2.75, 3.05) is 20.3 Å². The molecule has 0 fully saturated rings. The van der Waals surface area contributed by atoms with Crippen LogP contribution in [0.15, 0.2) is 28.7 Å². The third-order valence-corrected chi connectivity index (χ3v) is 2.61. The minimum absolute atomic E-state index is 0.0170. The van der Waals surface area contributed by atoms with Gasteiger partial charge in [0.2, 0.25) is 5.89 Å². The lowest BCUT2D eigenvalue weighted by atomic mass is 10.1. The first kappa shape index (κ1) is 15.0. The van der Waals surface area contributed by atoms with Crippen LogP contribution in [-0.2, 0) is 4.74 Å². The van der Waals surface area contributed by atoms with E-state index in [0.717, 1.165) is 0 Å². The Morgan fingerprint density at radius 1 is 1.33 bits per heavy atom. The molecule has 0 saturated heterocycles. The van der Waals surface area contributed by atoms with Gasteiger partial charge >= 0.3 is 6.43 Å². The van der Waals surface area contributed by atoms with Gasteiger partial charge in [-0.3, -0.25) is 4.79 Å². The van der Waals surface area contributed by atoms with Crippen LogP contribution in [0.3, 0.4) is 0 Å². The summed E-state index contributed by atoms with van der Waals surface area (Å²) in [7, 11) is 1.54. The third-order valence-electron chi connectivity index (χ3n) is 2.61. The molecule has 2 aromatic rings. The van der Waals surface area contributed by atoms with Crippen molar-refractivity contribution in [3.8, 4) is 11.5 Å². The Hall–Kier alpha value is -2.35. The summed E-state index contributed by atoms with van der Waals surface area (Å²) >= 11 is 0. The molecule has 8 heteroatoms. The lowest BCUT2D eigenvalue weighted by molar-refractivity contribution is 0.0937. The van der Waals surface area contributed by atoms with Crippen molar-refractivity contribution in [1.82, 2.24) is 15.5 Å². The lowest BCUT2D eigenvalue weighted by Crippen LogP contribution is -2.26. The van der Waals surface area contributed by atoms with Crippen LogP contribution in [-0.4, -0.2) is 36.4 Å². The molecule has 21 heavy (non-hydrogen) atoms. The highest BCUT2D eigenvalue weighted by atomic mass is 19.3. The van der Waals surface area contributed by atoms with E-state index in [4.69, 9.17) is 9.15 Å². The van der Waals surface area contributed by atoms with E-state index in [9.17, 15) is 13.6 Å². The highest BCUT2D eigenvalue weighted by Gasteiger charge is 2.17. The summed E-state index contributed by atoms with van der Waals surface area (Å²) in [6, 6.07) is 6.19. The van der Waals surface area contributed by atoms with Crippen LogP contribution in [0.1, 0.15) is 22.7 Å². The molecule has 0 bridgehead atoms. The summed E-state index contributed by atoms with van der Waals surface area (Å²) in [5.41, 5.74) is 0.895. The zero-order valence-electron chi connectivity index (χ0n) is 11.2. The van der Waals surface area contributed by atoms with E-state index < -0.39 is 12.3 Å². The third kappa shape index (κ3) is 3.82. The van der Waals surface area contributed by atoms with Gasteiger partial charge in [-0.15, -0.1) is 10.2 Å². The second kappa shape index (κ2) is 6.89. The van der Waals surface area contributed by atoms with Crippen LogP contribution in [0, 0.1) is 0 Å².